The highest BCUT2D eigenvalue weighted by atomic mass is 16.5. The van der Waals surface area contributed by atoms with Crippen LogP contribution in [0, 0.1) is 0 Å². The van der Waals surface area contributed by atoms with Gasteiger partial charge < -0.3 is 25.2 Å². The van der Waals surface area contributed by atoms with Crippen molar-refractivity contribution >= 4 is 28.9 Å². The molecule has 7 nitrogen and oxygen atoms in total. The number of hydrogen-bond donors (Lipinski definition) is 2. The Morgan fingerprint density at radius 3 is 2.35 bits per heavy atom. The molecule has 0 fully saturated rings. The first kappa shape index (κ1) is 23.2. The van der Waals surface area contributed by atoms with Gasteiger partial charge in [-0.3, -0.25) is 9.59 Å². The summed E-state index contributed by atoms with van der Waals surface area (Å²) >= 11 is 0. The molecule has 0 aromatic heterocycles. The number of rotatable bonds is 7. The number of fused-ring (bicyclic) bond motifs is 1. The first-order valence-corrected chi connectivity index (χ1v) is 11.3. The summed E-state index contributed by atoms with van der Waals surface area (Å²) in [6.07, 6.45) is 0.953. The van der Waals surface area contributed by atoms with Gasteiger partial charge >= 0.3 is 11.8 Å². The lowest BCUT2D eigenvalue weighted by Gasteiger charge is -2.31. The van der Waals surface area contributed by atoms with Crippen molar-refractivity contribution in [3.8, 4) is 5.75 Å². The van der Waals surface area contributed by atoms with Gasteiger partial charge in [-0.1, -0.05) is 30.3 Å². The average Bonchev–Trinajstić information content (AvgIpc) is 3.29. The third-order valence-electron chi connectivity index (χ3n) is 6.10. The van der Waals surface area contributed by atoms with E-state index in [1.165, 1.54) is 11.3 Å². The highest BCUT2D eigenvalue weighted by Gasteiger charge is 2.28. The Morgan fingerprint density at radius 1 is 0.971 bits per heavy atom. The predicted octanol–water partition coefficient (Wildman–Crippen LogP) is 3.62. The minimum Gasteiger partial charge on any atom is -0.497 e. The molecular formula is C27H30N4O3. The Kier molecular flexibility index (Phi) is 7.01. The number of methoxy groups -OCH3 is 1. The zero-order valence-corrected chi connectivity index (χ0v) is 19.7. The number of hydrogen-bond acceptors (Lipinski definition) is 5. The van der Waals surface area contributed by atoms with E-state index < -0.39 is 11.8 Å². The molecule has 0 spiro atoms. The first-order chi connectivity index (χ1) is 16.5. The van der Waals surface area contributed by atoms with Gasteiger partial charge in [0.25, 0.3) is 0 Å². The fourth-order valence-corrected chi connectivity index (χ4v) is 4.22. The normalized spacial score (nSPS) is 13.1. The third kappa shape index (κ3) is 5.14. The van der Waals surface area contributed by atoms with E-state index in [0.717, 1.165) is 24.2 Å². The molecule has 0 bridgehead atoms. The van der Waals surface area contributed by atoms with Crippen molar-refractivity contribution in [2.75, 3.05) is 49.4 Å². The summed E-state index contributed by atoms with van der Waals surface area (Å²) < 4.78 is 5.12. The number of nitrogens with one attached hydrogen (secondary N) is 2. The van der Waals surface area contributed by atoms with Gasteiger partial charge in [-0.15, -0.1) is 0 Å². The summed E-state index contributed by atoms with van der Waals surface area (Å²) in [4.78, 5) is 29.5. The van der Waals surface area contributed by atoms with Gasteiger partial charge in [0.2, 0.25) is 0 Å². The Bertz CT molecular complexity index is 1140. The third-order valence-corrected chi connectivity index (χ3v) is 6.10. The standard InChI is InChI=1S/C27H30N4O3/c1-30(2)22-12-8-20(9-13-22)25(31-17-16-19-6-4-5-7-24(19)31)18-28-26(32)27(33)29-21-10-14-23(34-3)15-11-21/h4-15,25H,16-18H2,1-3H3,(H,28,32)(H,29,33). The van der Waals surface area contributed by atoms with Crippen LogP contribution in [0.15, 0.2) is 72.8 Å². The van der Waals surface area contributed by atoms with Crippen LogP contribution in [0.5, 0.6) is 5.75 Å². The summed E-state index contributed by atoms with van der Waals surface area (Å²) in [5.41, 5.74) is 5.18. The Labute approximate surface area is 200 Å². The smallest absolute Gasteiger partial charge is 0.313 e. The van der Waals surface area contributed by atoms with Gasteiger partial charge in [0.15, 0.2) is 0 Å². The molecular weight excluding hydrogens is 428 g/mol. The molecule has 1 aliphatic rings. The fourth-order valence-electron chi connectivity index (χ4n) is 4.22. The van der Waals surface area contributed by atoms with E-state index in [0.29, 0.717) is 18.0 Å². The van der Waals surface area contributed by atoms with Gasteiger partial charge in [-0.05, 0) is 60.0 Å². The van der Waals surface area contributed by atoms with E-state index in [4.69, 9.17) is 4.74 Å². The van der Waals surface area contributed by atoms with E-state index in [1.807, 2.05) is 20.2 Å². The molecule has 0 aliphatic carbocycles. The highest BCUT2D eigenvalue weighted by Crippen LogP contribution is 2.35. The molecule has 3 aromatic rings. The molecule has 1 aliphatic heterocycles. The number of carbonyl (C=O) groups is 2. The van der Waals surface area contributed by atoms with Crippen molar-refractivity contribution in [3.05, 3.63) is 83.9 Å². The summed E-state index contributed by atoms with van der Waals surface area (Å²) in [7, 11) is 5.58. The molecule has 7 heteroatoms. The van der Waals surface area contributed by atoms with Crippen molar-refractivity contribution in [3.63, 3.8) is 0 Å². The summed E-state index contributed by atoms with van der Waals surface area (Å²) in [5, 5.41) is 5.48. The second-order valence-corrected chi connectivity index (χ2v) is 8.47. The largest absolute Gasteiger partial charge is 0.497 e. The molecule has 0 radical (unpaired) electrons. The van der Waals surface area contributed by atoms with Crippen molar-refractivity contribution in [1.29, 1.82) is 0 Å². The minimum atomic E-state index is -0.700. The average molecular weight is 459 g/mol. The van der Waals surface area contributed by atoms with Crippen molar-refractivity contribution < 1.29 is 14.3 Å². The van der Waals surface area contributed by atoms with Crippen LogP contribution in [-0.4, -0.2) is 46.1 Å². The molecule has 2 amide bonds. The fraction of sp³-hybridized carbons (Fsp3) is 0.259. The number of amides is 2. The van der Waals surface area contributed by atoms with Crippen LogP contribution >= 0.6 is 0 Å². The molecule has 1 unspecified atom stereocenters. The molecule has 176 valence electrons. The van der Waals surface area contributed by atoms with E-state index >= 15 is 0 Å². The summed E-state index contributed by atoms with van der Waals surface area (Å²) in [5.74, 6) is -0.691. The number of ether oxygens (including phenoxy) is 1. The molecule has 3 aromatic carbocycles. The zero-order chi connectivity index (χ0) is 24.1. The molecule has 4 rings (SSSR count). The van der Waals surface area contributed by atoms with Crippen molar-refractivity contribution in [2.24, 2.45) is 0 Å². The van der Waals surface area contributed by atoms with Gasteiger partial charge in [0.05, 0.1) is 13.2 Å². The zero-order valence-electron chi connectivity index (χ0n) is 19.7. The number of nitrogens with zero attached hydrogens (tertiary/aromatic N) is 2. The maximum absolute atomic E-state index is 12.6. The molecule has 0 saturated heterocycles. The van der Waals surface area contributed by atoms with Crippen LogP contribution in [-0.2, 0) is 16.0 Å². The van der Waals surface area contributed by atoms with Crippen LogP contribution in [0.25, 0.3) is 0 Å². The highest BCUT2D eigenvalue weighted by molar-refractivity contribution is 6.39. The van der Waals surface area contributed by atoms with Crippen LogP contribution in [0.1, 0.15) is 17.2 Å². The van der Waals surface area contributed by atoms with Gasteiger partial charge in [0, 0.05) is 44.2 Å². The number of anilines is 3. The van der Waals surface area contributed by atoms with Crippen LogP contribution in [0.2, 0.25) is 0 Å². The number of carbonyl (C=O) groups excluding carboxylic acids is 2. The second-order valence-electron chi connectivity index (χ2n) is 8.47. The summed E-state index contributed by atoms with van der Waals surface area (Å²) in [6, 6.07) is 23.4. The van der Waals surface area contributed by atoms with Gasteiger partial charge in [0.1, 0.15) is 5.75 Å². The topological polar surface area (TPSA) is 73.9 Å². The molecule has 1 atom stereocenters. The van der Waals surface area contributed by atoms with E-state index in [9.17, 15) is 9.59 Å². The SMILES string of the molecule is COc1ccc(NC(=O)C(=O)NCC(c2ccc(N(C)C)cc2)N2CCc3ccccc32)cc1. The lowest BCUT2D eigenvalue weighted by Crippen LogP contribution is -2.41. The van der Waals surface area contributed by atoms with Crippen LogP contribution in [0.4, 0.5) is 17.1 Å². The van der Waals surface area contributed by atoms with Crippen LogP contribution < -0.4 is 25.2 Å². The quantitative estimate of drug-likeness (QED) is 0.529. The number of benzene rings is 3. The van der Waals surface area contributed by atoms with Crippen molar-refractivity contribution in [2.45, 2.75) is 12.5 Å². The van der Waals surface area contributed by atoms with E-state index in [2.05, 4.69) is 62.9 Å². The summed E-state index contributed by atoms with van der Waals surface area (Å²) in [6.45, 7) is 1.16. The van der Waals surface area contributed by atoms with Gasteiger partial charge in [-0.2, -0.15) is 0 Å². The minimum absolute atomic E-state index is 0.0994. The van der Waals surface area contributed by atoms with E-state index in [-0.39, 0.29) is 6.04 Å². The van der Waals surface area contributed by atoms with E-state index in [1.54, 1.807) is 31.4 Å². The molecule has 2 N–H and O–H groups in total. The number of para-hydroxylation sites is 1. The lowest BCUT2D eigenvalue weighted by molar-refractivity contribution is -0.136. The Morgan fingerprint density at radius 2 is 1.68 bits per heavy atom. The second kappa shape index (κ2) is 10.3. The Hall–Kier alpha value is -4.00. The maximum Gasteiger partial charge on any atom is 0.313 e. The Balaban J connectivity index is 1.49. The van der Waals surface area contributed by atoms with Crippen molar-refractivity contribution in [1.82, 2.24) is 5.32 Å². The van der Waals surface area contributed by atoms with Gasteiger partial charge in [-0.25, -0.2) is 0 Å². The molecule has 1 heterocycles. The maximum atomic E-state index is 12.6. The monoisotopic (exact) mass is 458 g/mol. The molecule has 34 heavy (non-hydrogen) atoms. The lowest BCUT2D eigenvalue weighted by atomic mass is 10.0. The first-order valence-electron chi connectivity index (χ1n) is 11.3. The molecule has 0 saturated carbocycles. The van der Waals surface area contributed by atoms with Crippen LogP contribution in [0.3, 0.4) is 0 Å². The predicted molar refractivity (Wildman–Crippen MR) is 136 cm³/mol.